The molecule has 0 spiro atoms. The van der Waals surface area contributed by atoms with Gasteiger partial charge in [-0.15, -0.1) is 5.10 Å². The third kappa shape index (κ3) is 5.84. The minimum absolute atomic E-state index is 0.0604. The Morgan fingerprint density at radius 2 is 1.66 bits per heavy atom. The van der Waals surface area contributed by atoms with Gasteiger partial charge in [0.05, 0.1) is 59.5 Å². The number of aromatic amines is 1. The molecule has 3 aromatic carbocycles. The van der Waals surface area contributed by atoms with Gasteiger partial charge in [-0.3, -0.25) is 23.5 Å². The molecule has 1 aliphatic carbocycles. The van der Waals surface area contributed by atoms with Gasteiger partial charge in [-0.1, -0.05) is 6.07 Å². The molecule has 5 aliphatic rings. The molecule has 19 heteroatoms. The molecule has 4 aliphatic heterocycles. The number of hydrogen-bond acceptors (Lipinski definition) is 10. The molecule has 4 fully saturated rings. The number of halogens is 2. The predicted molar refractivity (Wildman–Crippen MR) is 244 cm³/mol. The molecule has 8 aromatic rings. The van der Waals surface area contributed by atoms with Gasteiger partial charge in [0.25, 0.3) is 5.91 Å². The third-order valence-corrected chi connectivity index (χ3v) is 15.8. The fourth-order valence-corrected chi connectivity index (χ4v) is 12.2. The summed E-state index contributed by atoms with van der Waals surface area (Å²) in [6.45, 7) is 10.2. The fraction of sp³-hybridized carbons (Fsp3) is 0.408. The molecule has 1 N–H and O–H groups in total. The molecule has 9 heterocycles. The van der Waals surface area contributed by atoms with Crippen molar-refractivity contribution >= 4 is 27.7 Å². The second-order valence-corrected chi connectivity index (χ2v) is 19.3. The van der Waals surface area contributed by atoms with Gasteiger partial charge in [0, 0.05) is 87.0 Å². The summed E-state index contributed by atoms with van der Waals surface area (Å²) >= 11 is 0. The van der Waals surface area contributed by atoms with Crippen LogP contribution in [0.15, 0.2) is 71.9 Å². The molecule has 0 bridgehead atoms. The first-order chi connectivity index (χ1) is 33.0. The standard InChI is InChI=1S/C49H49F2N13O4/c1-26-17-32(18-27(2)43(26)50)64-45(62-14-13-61(48(62)66)40-8-7-39-34(44(40)51)21-52-58(39)4)42-28(3)60(12-9-37(42)55-64)46(65)41-20-31-19-30(29-10-15-67-16-11-29)5-6-38(31)63(41)49(47-53-56-57-54-47)35-22-59(23-36(35)49)33-24-68-25-33/h5-8,13-14,17-21,28-29,33,35-36H,9-12,15-16,22-25H2,1-4H3,(H,53,54,56,57)/t28-,35-,36+,49?/m0/s1. The van der Waals surface area contributed by atoms with Crippen molar-refractivity contribution in [1.82, 2.24) is 63.7 Å². The minimum atomic E-state index is -0.708. The van der Waals surface area contributed by atoms with Crippen LogP contribution in [0.5, 0.6) is 0 Å². The number of aromatic nitrogens is 11. The van der Waals surface area contributed by atoms with Gasteiger partial charge in [-0.05, 0) is 109 Å². The monoisotopic (exact) mass is 921 g/mol. The van der Waals surface area contributed by atoms with E-state index in [4.69, 9.17) is 14.6 Å². The number of ether oxygens (including phenoxy) is 2. The van der Waals surface area contributed by atoms with Crippen molar-refractivity contribution in [2.75, 3.05) is 46.1 Å². The van der Waals surface area contributed by atoms with Crippen LogP contribution in [0.1, 0.15) is 76.0 Å². The van der Waals surface area contributed by atoms with Crippen molar-refractivity contribution in [2.24, 2.45) is 18.9 Å². The molecule has 1 amide bonds. The number of likely N-dealkylation sites (tertiary alicyclic amines) is 1. The highest BCUT2D eigenvalue weighted by Gasteiger charge is 2.74. The predicted octanol–water partition coefficient (Wildman–Crippen LogP) is 5.42. The summed E-state index contributed by atoms with van der Waals surface area (Å²) in [5, 5.41) is 26.4. The van der Waals surface area contributed by atoms with E-state index in [1.54, 1.807) is 60.7 Å². The summed E-state index contributed by atoms with van der Waals surface area (Å²) in [5.41, 5.74) is 4.79. The number of carbonyl (C=O) groups excluding carboxylic acids is 1. The molecule has 348 valence electrons. The van der Waals surface area contributed by atoms with E-state index in [0.717, 1.165) is 36.8 Å². The number of H-pyrrole nitrogens is 1. The second kappa shape index (κ2) is 15.1. The van der Waals surface area contributed by atoms with Gasteiger partial charge in [0.1, 0.15) is 22.9 Å². The largest absolute Gasteiger partial charge is 0.381 e. The van der Waals surface area contributed by atoms with Crippen molar-refractivity contribution in [1.29, 1.82) is 0 Å². The van der Waals surface area contributed by atoms with E-state index < -0.39 is 23.1 Å². The Morgan fingerprint density at radius 1 is 0.912 bits per heavy atom. The highest BCUT2D eigenvalue weighted by Crippen LogP contribution is 2.65. The van der Waals surface area contributed by atoms with Crippen molar-refractivity contribution in [3.8, 4) is 17.2 Å². The van der Waals surface area contributed by atoms with Crippen LogP contribution >= 0.6 is 0 Å². The zero-order chi connectivity index (χ0) is 46.3. The summed E-state index contributed by atoms with van der Waals surface area (Å²) < 4.78 is 50.9. The number of rotatable bonds is 8. The Bertz CT molecular complexity index is 3370. The van der Waals surface area contributed by atoms with E-state index in [2.05, 4.69) is 53.4 Å². The first-order valence-electron chi connectivity index (χ1n) is 23.4. The minimum Gasteiger partial charge on any atom is -0.381 e. The summed E-state index contributed by atoms with van der Waals surface area (Å²) in [6.07, 6.45) is 6.80. The van der Waals surface area contributed by atoms with Gasteiger partial charge < -0.3 is 18.9 Å². The lowest BCUT2D eigenvalue weighted by atomic mass is 9.91. The number of carbonyl (C=O) groups is 1. The molecular formula is C49H49F2N13O4. The van der Waals surface area contributed by atoms with E-state index in [1.807, 2.05) is 17.9 Å². The Morgan fingerprint density at radius 3 is 2.38 bits per heavy atom. The highest BCUT2D eigenvalue weighted by atomic mass is 19.1. The molecule has 0 radical (unpaired) electrons. The molecule has 5 aromatic heterocycles. The van der Waals surface area contributed by atoms with E-state index in [0.29, 0.717) is 102 Å². The van der Waals surface area contributed by atoms with E-state index in [-0.39, 0.29) is 34.6 Å². The summed E-state index contributed by atoms with van der Waals surface area (Å²) in [4.78, 5) is 35.0. The highest BCUT2D eigenvalue weighted by molar-refractivity contribution is 6.00. The lowest BCUT2D eigenvalue weighted by Gasteiger charge is -2.38. The number of amides is 1. The van der Waals surface area contributed by atoms with E-state index in [1.165, 1.54) is 27.1 Å². The summed E-state index contributed by atoms with van der Waals surface area (Å²) in [6, 6.07) is 15.1. The molecular weight excluding hydrogens is 873 g/mol. The maximum Gasteiger partial charge on any atom is 0.338 e. The first kappa shape index (κ1) is 41.4. The van der Waals surface area contributed by atoms with Gasteiger partial charge in [-0.25, -0.2) is 23.4 Å². The molecule has 3 saturated heterocycles. The first-order valence-corrected chi connectivity index (χ1v) is 23.4. The normalized spacial score (nSPS) is 23.1. The fourth-order valence-electron chi connectivity index (χ4n) is 12.2. The van der Waals surface area contributed by atoms with E-state index in [9.17, 15) is 4.79 Å². The number of nitrogens with zero attached hydrogens (tertiary/aromatic N) is 12. The van der Waals surface area contributed by atoms with Crippen LogP contribution in [0.4, 0.5) is 8.78 Å². The lowest BCUT2D eigenvalue weighted by molar-refractivity contribution is -0.0629. The summed E-state index contributed by atoms with van der Waals surface area (Å²) in [7, 11) is 1.73. The van der Waals surface area contributed by atoms with Crippen molar-refractivity contribution in [3.05, 3.63) is 129 Å². The zero-order valence-electron chi connectivity index (χ0n) is 38.1. The Kier molecular flexibility index (Phi) is 9.18. The number of tetrazole rings is 1. The van der Waals surface area contributed by atoms with E-state index >= 15 is 13.6 Å². The maximum absolute atomic E-state index is 16.2. The van der Waals surface area contributed by atoms with Gasteiger partial charge in [-0.2, -0.15) is 10.2 Å². The molecule has 1 saturated carbocycles. The SMILES string of the molecule is Cc1cc(-n2nc3c(c2-n2ccn(-c4ccc5c(cnn5C)c4F)c2=O)[C@H](C)N(C(=O)c2cc4cc(C5CCOCC5)ccc4n2C2(c4nnn[nH]4)[C@@H]4CN(C5COC5)C[C@@H]42)CC3)cc(C)c1F. The number of imidazole rings is 1. The Hall–Kier alpha value is -6.83. The van der Waals surface area contributed by atoms with Gasteiger partial charge >= 0.3 is 5.69 Å². The average molecular weight is 922 g/mol. The van der Waals surface area contributed by atoms with Crippen molar-refractivity contribution in [2.45, 2.75) is 63.6 Å². The number of fused-ring (bicyclic) bond motifs is 4. The van der Waals surface area contributed by atoms with Gasteiger partial charge in [0.15, 0.2) is 11.6 Å². The second-order valence-electron chi connectivity index (χ2n) is 19.3. The number of hydrogen-bond donors (Lipinski definition) is 1. The molecule has 17 nitrogen and oxygen atoms in total. The van der Waals surface area contributed by atoms with Crippen LogP contribution in [0.3, 0.4) is 0 Å². The van der Waals surface area contributed by atoms with Crippen LogP contribution in [-0.2, 0) is 28.5 Å². The third-order valence-electron chi connectivity index (χ3n) is 15.8. The zero-order valence-corrected chi connectivity index (χ0v) is 38.1. The van der Waals surface area contributed by atoms with Crippen molar-refractivity contribution < 1.29 is 23.0 Å². The van der Waals surface area contributed by atoms with Gasteiger partial charge in [0.2, 0.25) is 0 Å². The average Bonchev–Trinajstić information content (AvgIpc) is 4.13. The van der Waals surface area contributed by atoms with Crippen LogP contribution < -0.4 is 5.69 Å². The molecule has 1 unspecified atom stereocenters. The number of piperidine rings is 1. The molecule has 68 heavy (non-hydrogen) atoms. The number of benzene rings is 3. The number of aryl methyl sites for hydroxylation is 3. The topological polar surface area (TPSA) is 164 Å². The lowest BCUT2D eigenvalue weighted by Crippen LogP contribution is -2.50. The Balaban J connectivity index is 0.954. The van der Waals surface area contributed by atoms with Crippen LogP contribution in [-0.4, -0.2) is 122 Å². The van der Waals surface area contributed by atoms with Crippen molar-refractivity contribution in [3.63, 3.8) is 0 Å². The van der Waals surface area contributed by atoms with Crippen LogP contribution in [0.25, 0.3) is 39.0 Å². The molecule has 4 atom stereocenters. The smallest absolute Gasteiger partial charge is 0.338 e. The maximum atomic E-state index is 16.2. The number of nitrogens with one attached hydrogen (secondary N) is 1. The molecule has 13 rings (SSSR count). The van der Waals surface area contributed by atoms with Crippen LogP contribution in [0.2, 0.25) is 0 Å². The Labute approximate surface area is 387 Å². The quantitative estimate of drug-likeness (QED) is 0.208. The van der Waals surface area contributed by atoms with Crippen LogP contribution in [0, 0.1) is 37.3 Å². The summed E-state index contributed by atoms with van der Waals surface area (Å²) in [5.74, 6) is 0.517.